The number of ether oxygens (including phenoxy) is 1. The van der Waals surface area contributed by atoms with Crippen molar-refractivity contribution in [1.29, 1.82) is 0 Å². The van der Waals surface area contributed by atoms with Crippen molar-refractivity contribution in [3.8, 4) is 0 Å². The predicted octanol–water partition coefficient (Wildman–Crippen LogP) is 1.89. The van der Waals surface area contributed by atoms with Gasteiger partial charge in [0, 0.05) is 19.3 Å². The van der Waals surface area contributed by atoms with Crippen molar-refractivity contribution in [3.63, 3.8) is 0 Å². The number of likely N-dealkylation sites (tertiary alicyclic amines) is 1. The number of piperidine rings is 1. The molecule has 0 bridgehead atoms. The van der Waals surface area contributed by atoms with E-state index in [-0.39, 0.29) is 17.9 Å². The molecule has 108 valence electrons. The van der Waals surface area contributed by atoms with Crippen LogP contribution in [0.15, 0.2) is 24.4 Å². The Bertz CT molecular complexity index is 464. The van der Waals surface area contributed by atoms with Crippen molar-refractivity contribution in [1.82, 2.24) is 9.88 Å². The minimum atomic E-state index is -0.345. The molecule has 1 aliphatic rings. The van der Waals surface area contributed by atoms with Crippen LogP contribution in [-0.2, 0) is 9.53 Å². The highest BCUT2D eigenvalue weighted by Gasteiger charge is 2.29. The highest BCUT2D eigenvalue weighted by Crippen LogP contribution is 2.18. The van der Waals surface area contributed by atoms with Gasteiger partial charge in [-0.25, -0.2) is 9.78 Å². The van der Waals surface area contributed by atoms with E-state index in [0.717, 1.165) is 12.8 Å². The van der Waals surface area contributed by atoms with Gasteiger partial charge in [-0.3, -0.25) is 4.79 Å². The van der Waals surface area contributed by atoms with Gasteiger partial charge < -0.3 is 15.0 Å². The molecule has 1 atom stereocenters. The van der Waals surface area contributed by atoms with Crippen molar-refractivity contribution in [2.75, 3.05) is 25.0 Å². The second-order valence-corrected chi connectivity index (χ2v) is 4.69. The third-order valence-electron chi connectivity index (χ3n) is 3.23. The second-order valence-electron chi connectivity index (χ2n) is 4.69. The number of rotatable bonds is 3. The zero-order valence-electron chi connectivity index (χ0n) is 11.5. The van der Waals surface area contributed by atoms with E-state index in [1.165, 1.54) is 0 Å². The summed E-state index contributed by atoms with van der Waals surface area (Å²) in [5.41, 5.74) is 0. The maximum Gasteiger partial charge on any atom is 0.409 e. The van der Waals surface area contributed by atoms with Gasteiger partial charge in [0.15, 0.2) is 0 Å². The lowest BCUT2D eigenvalue weighted by molar-refractivity contribution is -0.121. The Morgan fingerprint density at radius 2 is 2.35 bits per heavy atom. The molecule has 2 heterocycles. The molecule has 6 heteroatoms. The van der Waals surface area contributed by atoms with Gasteiger partial charge in [0.2, 0.25) is 5.91 Å². The van der Waals surface area contributed by atoms with Gasteiger partial charge in [-0.15, -0.1) is 0 Å². The van der Waals surface area contributed by atoms with Crippen molar-refractivity contribution < 1.29 is 14.3 Å². The number of hydrogen-bond donors (Lipinski definition) is 1. The van der Waals surface area contributed by atoms with Crippen molar-refractivity contribution in [3.05, 3.63) is 24.4 Å². The van der Waals surface area contributed by atoms with E-state index >= 15 is 0 Å². The standard InChI is InChI=1S/C14H19N3O3/c1-2-20-14(19)17-9-5-6-11(10-17)13(18)16-12-7-3-4-8-15-12/h3-4,7-8,11H,2,5-6,9-10H2,1H3,(H,15,16,18). The predicted molar refractivity (Wildman–Crippen MR) is 74.2 cm³/mol. The fourth-order valence-corrected chi connectivity index (χ4v) is 2.24. The Kier molecular flexibility index (Phi) is 4.92. The summed E-state index contributed by atoms with van der Waals surface area (Å²) in [6, 6.07) is 5.34. The molecule has 1 unspecified atom stereocenters. The number of anilines is 1. The molecule has 0 aromatic carbocycles. The molecule has 0 aliphatic carbocycles. The quantitative estimate of drug-likeness (QED) is 0.915. The van der Waals surface area contributed by atoms with Crippen LogP contribution in [0.3, 0.4) is 0 Å². The first kappa shape index (κ1) is 14.3. The monoisotopic (exact) mass is 277 g/mol. The SMILES string of the molecule is CCOC(=O)N1CCCC(C(=O)Nc2ccccn2)C1. The van der Waals surface area contributed by atoms with Crippen molar-refractivity contribution in [2.45, 2.75) is 19.8 Å². The van der Waals surface area contributed by atoms with Crippen LogP contribution in [0.5, 0.6) is 0 Å². The van der Waals surface area contributed by atoms with E-state index in [1.54, 1.807) is 30.2 Å². The minimum Gasteiger partial charge on any atom is -0.450 e. The van der Waals surface area contributed by atoms with E-state index in [4.69, 9.17) is 4.74 Å². The van der Waals surface area contributed by atoms with E-state index in [0.29, 0.717) is 25.5 Å². The van der Waals surface area contributed by atoms with Crippen molar-refractivity contribution in [2.24, 2.45) is 5.92 Å². The summed E-state index contributed by atoms with van der Waals surface area (Å²) in [6.07, 6.45) is 2.86. The normalized spacial score (nSPS) is 18.4. The van der Waals surface area contributed by atoms with Crippen LogP contribution in [0.2, 0.25) is 0 Å². The number of carbonyl (C=O) groups is 2. The van der Waals surface area contributed by atoms with Gasteiger partial charge in [0.1, 0.15) is 5.82 Å². The molecule has 0 spiro atoms. The minimum absolute atomic E-state index is 0.0994. The molecule has 1 aromatic rings. The zero-order valence-corrected chi connectivity index (χ0v) is 11.5. The van der Waals surface area contributed by atoms with Crippen LogP contribution < -0.4 is 5.32 Å². The molecule has 0 radical (unpaired) electrons. The topological polar surface area (TPSA) is 71.5 Å². The Labute approximate surface area is 118 Å². The molecule has 6 nitrogen and oxygen atoms in total. The summed E-state index contributed by atoms with van der Waals surface area (Å²) in [6.45, 7) is 3.16. The third-order valence-corrected chi connectivity index (χ3v) is 3.23. The average molecular weight is 277 g/mol. The molecule has 1 fully saturated rings. The van der Waals surface area contributed by atoms with E-state index in [1.807, 2.05) is 6.07 Å². The Balaban J connectivity index is 1.91. The van der Waals surface area contributed by atoms with Gasteiger partial charge in [-0.2, -0.15) is 0 Å². The zero-order chi connectivity index (χ0) is 14.4. The second kappa shape index (κ2) is 6.88. The molecular weight excluding hydrogens is 258 g/mol. The number of carbonyl (C=O) groups excluding carboxylic acids is 2. The molecular formula is C14H19N3O3. The molecule has 2 amide bonds. The summed E-state index contributed by atoms with van der Waals surface area (Å²) in [5, 5.41) is 2.77. The summed E-state index contributed by atoms with van der Waals surface area (Å²) < 4.78 is 4.97. The highest BCUT2D eigenvalue weighted by atomic mass is 16.6. The molecule has 2 rings (SSSR count). The van der Waals surface area contributed by atoms with Crippen molar-refractivity contribution >= 4 is 17.8 Å². The Hall–Kier alpha value is -2.11. The van der Waals surface area contributed by atoms with Gasteiger partial charge in [0.05, 0.1) is 12.5 Å². The number of hydrogen-bond acceptors (Lipinski definition) is 4. The van der Waals surface area contributed by atoms with Gasteiger partial charge in [-0.1, -0.05) is 6.07 Å². The van der Waals surface area contributed by atoms with Crippen LogP contribution in [0.25, 0.3) is 0 Å². The number of nitrogens with one attached hydrogen (secondary N) is 1. The number of pyridine rings is 1. The van der Waals surface area contributed by atoms with Crippen LogP contribution in [0.4, 0.5) is 10.6 Å². The molecule has 20 heavy (non-hydrogen) atoms. The number of amides is 2. The maximum atomic E-state index is 12.2. The lowest BCUT2D eigenvalue weighted by atomic mass is 9.97. The number of nitrogens with zero attached hydrogens (tertiary/aromatic N) is 2. The van der Waals surface area contributed by atoms with E-state index in [2.05, 4.69) is 10.3 Å². The largest absolute Gasteiger partial charge is 0.450 e. The van der Waals surface area contributed by atoms with Gasteiger partial charge in [-0.05, 0) is 31.9 Å². The molecule has 1 N–H and O–H groups in total. The lowest BCUT2D eigenvalue weighted by Crippen LogP contribution is -2.44. The lowest BCUT2D eigenvalue weighted by Gasteiger charge is -2.31. The molecule has 1 aliphatic heterocycles. The van der Waals surface area contributed by atoms with Crippen LogP contribution in [-0.4, -0.2) is 41.6 Å². The first-order valence-electron chi connectivity index (χ1n) is 6.84. The Morgan fingerprint density at radius 3 is 3.05 bits per heavy atom. The summed E-state index contributed by atoms with van der Waals surface area (Å²) in [7, 11) is 0. The number of aromatic nitrogens is 1. The van der Waals surface area contributed by atoms with Gasteiger partial charge in [0.25, 0.3) is 0 Å². The third kappa shape index (κ3) is 3.69. The fourth-order valence-electron chi connectivity index (χ4n) is 2.24. The van der Waals surface area contributed by atoms with E-state index < -0.39 is 0 Å². The average Bonchev–Trinajstić information content (AvgIpc) is 2.48. The van der Waals surface area contributed by atoms with Crippen LogP contribution >= 0.6 is 0 Å². The highest BCUT2D eigenvalue weighted by molar-refractivity contribution is 5.92. The van der Waals surface area contributed by atoms with Crippen LogP contribution in [0.1, 0.15) is 19.8 Å². The van der Waals surface area contributed by atoms with Gasteiger partial charge >= 0.3 is 6.09 Å². The smallest absolute Gasteiger partial charge is 0.409 e. The Morgan fingerprint density at radius 1 is 1.50 bits per heavy atom. The van der Waals surface area contributed by atoms with Crippen LogP contribution in [0, 0.1) is 5.92 Å². The first-order valence-corrected chi connectivity index (χ1v) is 6.84. The summed E-state index contributed by atoms with van der Waals surface area (Å²) >= 11 is 0. The summed E-state index contributed by atoms with van der Waals surface area (Å²) in [4.78, 5) is 29.5. The molecule has 1 aromatic heterocycles. The van der Waals surface area contributed by atoms with E-state index in [9.17, 15) is 9.59 Å². The maximum absolute atomic E-state index is 12.2. The fraction of sp³-hybridized carbons (Fsp3) is 0.500. The molecule has 1 saturated heterocycles. The summed E-state index contributed by atoms with van der Waals surface area (Å²) in [5.74, 6) is 0.221. The molecule has 0 saturated carbocycles. The first-order chi connectivity index (χ1) is 9.70.